The standard InChI is InChI=1S/C19H17N5O/c25-19(23-11-14-5-8-20-9-6-14)16-12-22-18(13-21-16)24-10-7-15-3-1-2-4-17(15)24/h1-6,8-9,12-13H,7,10-11H2,(H,23,25). The van der Waals surface area contributed by atoms with Crippen molar-refractivity contribution >= 4 is 17.4 Å². The van der Waals surface area contributed by atoms with E-state index in [1.165, 1.54) is 11.8 Å². The summed E-state index contributed by atoms with van der Waals surface area (Å²) in [6, 6.07) is 12.0. The van der Waals surface area contributed by atoms with E-state index < -0.39 is 0 Å². The van der Waals surface area contributed by atoms with Crippen molar-refractivity contribution in [2.45, 2.75) is 13.0 Å². The molecule has 0 saturated carbocycles. The second-order valence-electron chi connectivity index (χ2n) is 5.83. The van der Waals surface area contributed by atoms with Gasteiger partial charge in [0.15, 0.2) is 5.82 Å². The molecular weight excluding hydrogens is 314 g/mol. The fourth-order valence-electron chi connectivity index (χ4n) is 2.93. The zero-order valence-electron chi connectivity index (χ0n) is 13.6. The first kappa shape index (κ1) is 15.3. The van der Waals surface area contributed by atoms with Gasteiger partial charge in [-0.1, -0.05) is 18.2 Å². The summed E-state index contributed by atoms with van der Waals surface area (Å²) in [5.74, 6) is 0.522. The van der Waals surface area contributed by atoms with Crippen molar-refractivity contribution in [2.75, 3.05) is 11.4 Å². The van der Waals surface area contributed by atoms with Crippen LogP contribution in [-0.4, -0.2) is 27.4 Å². The second-order valence-corrected chi connectivity index (χ2v) is 5.83. The summed E-state index contributed by atoms with van der Waals surface area (Å²) < 4.78 is 0. The summed E-state index contributed by atoms with van der Waals surface area (Å²) in [5, 5.41) is 2.84. The Kier molecular flexibility index (Phi) is 4.08. The van der Waals surface area contributed by atoms with Crippen molar-refractivity contribution in [1.29, 1.82) is 0 Å². The number of hydrogen-bond donors (Lipinski definition) is 1. The Morgan fingerprint density at radius 3 is 2.72 bits per heavy atom. The third-order valence-corrected chi connectivity index (χ3v) is 4.24. The molecular formula is C19H17N5O. The highest BCUT2D eigenvalue weighted by molar-refractivity contribution is 5.92. The Balaban J connectivity index is 1.45. The maximum absolute atomic E-state index is 12.2. The normalized spacial score (nSPS) is 12.7. The summed E-state index contributed by atoms with van der Waals surface area (Å²) in [6.07, 6.45) is 7.57. The van der Waals surface area contributed by atoms with Crippen LogP contribution in [0.5, 0.6) is 0 Å². The zero-order chi connectivity index (χ0) is 17.1. The fourth-order valence-corrected chi connectivity index (χ4v) is 2.93. The summed E-state index contributed by atoms with van der Waals surface area (Å²) >= 11 is 0. The Bertz CT molecular complexity index is 880. The molecule has 6 nitrogen and oxygen atoms in total. The molecule has 3 aromatic rings. The van der Waals surface area contributed by atoms with Crippen LogP contribution in [0.3, 0.4) is 0 Å². The number of nitrogens with one attached hydrogen (secondary N) is 1. The number of anilines is 2. The number of nitrogens with zero attached hydrogens (tertiary/aromatic N) is 4. The van der Waals surface area contributed by atoms with Crippen molar-refractivity contribution in [3.8, 4) is 0 Å². The number of fused-ring (bicyclic) bond motifs is 1. The van der Waals surface area contributed by atoms with Gasteiger partial charge < -0.3 is 10.2 Å². The Morgan fingerprint density at radius 1 is 1.08 bits per heavy atom. The molecule has 2 aromatic heterocycles. The lowest BCUT2D eigenvalue weighted by atomic mass is 10.2. The van der Waals surface area contributed by atoms with E-state index >= 15 is 0 Å². The van der Waals surface area contributed by atoms with Gasteiger partial charge in [0.1, 0.15) is 5.69 Å². The topological polar surface area (TPSA) is 71.0 Å². The maximum Gasteiger partial charge on any atom is 0.271 e. The third kappa shape index (κ3) is 3.19. The lowest BCUT2D eigenvalue weighted by Gasteiger charge is -2.17. The first-order valence-electron chi connectivity index (χ1n) is 8.16. The third-order valence-electron chi connectivity index (χ3n) is 4.24. The van der Waals surface area contributed by atoms with Gasteiger partial charge in [-0.2, -0.15) is 0 Å². The van der Waals surface area contributed by atoms with E-state index in [0.717, 1.165) is 30.0 Å². The van der Waals surface area contributed by atoms with E-state index in [9.17, 15) is 4.79 Å². The van der Waals surface area contributed by atoms with E-state index in [1.54, 1.807) is 18.6 Å². The molecule has 1 aromatic carbocycles. The number of para-hydroxylation sites is 1. The van der Waals surface area contributed by atoms with Gasteiger partial charge in [-0.3, -0.25) is 9.78 Å². The number of amides is 1. The molecule has 1 N–H and O–H groups in total. The molecule has 3 heterocycles. The van der Waals surface area contributed by atoms with E-state index in [4.69, 9.17) is 0 Å². The van der Waals surface area contributed by atoms with Crippen molar-refractivity contribution < 1.29 is 4.79 Å². The quantitative estimate of drug-likeness (QED) is 0.795. The molecule has 6 heteroatoms. The number of pyridine rings is 1. The van der Waals surface area contributed by atoms with Crippen LogP contribution in [0.15, 0.2) is 61.2 Å². The van der Waals surface area contributed by atoms with Crippen LogP contribution >= 0.6 is 0 Å². The number of rotatable bonds is 4. The smallest absolute Gasteiger partial charge is 0.271 e. The molecule has 0 radical (unpaired) electrons. The SMILES string of the molecule is O=C(NCc1ccncc1)c1cnc(N2CCc3ccccc32)cn1. The van der Waals surface area contributed by atoms with Crippen molar-refractivity contribution in [3.63, 3.8) is 0 Å². The highest BCUT2D eigenvalue weighted by Gasteiger charge is 2.21. The van der Waals surface area contributed by atoms with Crippen LogP contribution in [0.2, 0.25) is 0 Å². The first-order valence-corrected chi connectivity index (χ1v) is 8.16. The van der Waals surface area contributed by atoms with Crippen LogP contribution < -0.4 is 10.2 Å². The minimum Gasteiger partial charge on any atom is -0.347 e. The van der Waals surface area contributed by atoms with Crippen molar-refractivity contribution in [3.05, 3.63) is 78.0 Å². The van der Waals surface area contributed by atoms with Gasteiger partial charge in [0.05, 0.1) is 12.4 Å². The Morgan fingerprint density at radius 2 is 1.92 bits per heavy atom. The lowest BCUT2D eigenvalue weighted by molar-refractivity contribution is 0.0945. The molecule has 25 heavy (non-hydrogen) atoms. The molecule has 0 atom stereocenters. The summed E-state index contributed by atoms with van der Waals surface area (Å²) in [4.78, 5) is 27.0. The number of hydrogen-bond acceptors (Lipinski definition) is 5. The van der Waals surface area contributed by atoms with Crippen molar-refractivity contribution in [1.82, 2.24) is 20.3 Å². The van der Waals surface area contributed by atoms with Crippen LogP contribution in [0.4, 0.5) is 11.5 Å². The van der Waals surface area contributed by atoms with E-state index in [0.29, 0.717) is 12.2 Å². The first-order chi connectivity index (χ1) is 12.3. The summed E-state index contributed by atoms with van der Waals surface area (Å²) in [6.45, 7) is 1.31. The molecule has 0 aliphatic carbocycles. The van der Waals surface area contributed by atoms with Gasteiger partial charge in [-0.15, -0.1) is 0 Å². The molecule has 124 valence electrons. The fraction of sp³-hybridized carbons (Fsp3) is 0.158. The van der Waals surface area contributed by atoms with Crippen LogP contribution in [0.1, 0.15) is 21.6 Å². The van der Waals surface area contributed by atoms with E-state index in [2.05, 4.69) is 37.3 Å². The predicted molar refractivity (Wildman–Crippen MR) is 94.6 cm³/mol. The van der Waals surface area contributed by atoms with Crippen LogP contribution in [0.25, 0.3) is 0 Å². The summed E-state index contributed by atoms with van der Waals surface area (Å²) in [5.41, 5.74) is 3.77. The minimum atomic E-state index is -0.238. The average molecular weight is 331 g/mol. The molecule has 0 bridgehead atoms. The highest BCUT2D eigenvalue weighted by Crippen LogP contribution is 2.32. The average Bonchev–Trinajstić information content (AvgIpc) is 3.11. The zero-order valence-corrected chi connectivity index (χ0v) is 13.6. The molecule has 1 aliphatic rings. The predicted octanol–water partition coefficient (Wildman–Crippen LogP) is 2.50. The number of benzene rings is 1. The maximum atomic E-state index is 12.2. The van der Waals surface area contributed by atoms with Gasteiger partial charge in [0, 0.05) is 31.2 Å². The molecule has 0 unspecified atom stereocenters. The highest BCUT2D eigenvalue weighted by atomic mass is 16.1. The molecule has 0 spiro atoms. The Labute approximate surface area is 145 Å². The number of carbonyl (C=O) groups is 1. The largest absolute Gasteiger partial charge is 0.347 e. The molecule has 0 fully saturated rings. The van der Waals surface area contributed by atoms with Gasteiger partial charge in [-0.05, 0) is 35.7 Å². The lowest BCUT2D eigenvalue weighted by Crippen LogP contribution is -2.24. The molecule has 1 amide bonds. The van der Waals surface area contributed by atoms with Crippen LogP contribution in [-0.2, 0) is 13.0 Å². The van der Waals surface area contributed by atoms with Crippen molar-refractivity contribution in [2.24, 2.45) is 0 Å². The summed E-state index contributed by atoms with van der Waals surface area (Å²) in [7, 11) is 0. The van der Waals surface area contributed by atoms with Gasteiger partial charge >= 0.3 is 0 Å². The van der Waals surface area contributed by atoms with Gasteiger partial charge in [0.25, 0.3) is 5.91 Å². The number of carbonyl (C=O) groups excluding carboxylic acids is 1. The van der Waals surface area contributed by atoms with E-state index in [-0.39, 0.29) is 5.91 Å². The van der Waals surface area contributed by atoms with Gasteiger partial charge in [-0.25, -0.2) is 9.97 Å². The molecule has 0 saturated heterocycles. The van der Waals surface area contributed by atoms with Crippen LogP contribution in [0, 0.1) is 0 Å². The number of aromatic nitrogens is 3. The van der Waals surface area contributed by atoms with E-state index in [1.807, 2.05) is 24.3 Å². The Hall–Kier alpha value is -3.28. The minimum absolute atomic E-state index is 0.238. The van der Waals surface area contributed by atoms with Gasteiger partial charge in [0.2, 0.25) is 0 Å². The second kappa shape index (κ2) is 6.68. The molecule has 1 aliphatic heterocycles. The monoisotopic (exact) mass is 331 g/mol. The molecule has 4 rings (SSSR count).